The number of aliphatic hydroxyl groups excluding tert-OH is 2. The van der Waals surface area contributed by atoms with E-state index in [0.29, 0.717) is 19.3 Å². The number of ether oxygens (including phenoxy) is 2. The quantitative estimate of drug-likeness (QED) is 0.0355. The summed E-state index contributed by atoms with van der Waals surface area (Å²) in [5, 5.41) is 19.4. The zero-order chi connectivity index (χ0) is 33.2. The van der Waals surface area contributed by atoms with Gasteiger partial charge in [0, 0.05) is 12.8 Å². The Morgan fingerprint density at radius 3 is 1.60 bits per heavy atom. The number of rotatable bonds is 30. The fraction of sp³-hybridized carbons (Fsp3) is 0.692. The summed E-state index contributed by atoms with van der Waals surface area (Å²) in [7, 11) is 0. The molecule has 258 valence electrons. The Morgan fingerprint density at radius 1 is 0.600 bits per heavy atom. The van der Waals surface area contributed by atoms with Crippen molar-refractivity contribution in [3.8, 4) is 0 Å². The van der Waals surface area contributed by atoms with Crippen LogP contribution in [-0.4, -0.2) is 47.6 Å². The summed E-state index contributed by atoms with van der Waals surface area (Å²) in [6, 6.07) is 0. The molecule has 0 aliphatic rings. The molecule has 0 aliphatic heterocycles. The molecule has 45 heavy (non-hydrogen) atoms. The zero-order valence-corrected chi connectivity index (χ0v) is 28.9. The van der Waals surface area contributed by atoms with E-state index in [2.05, 4.69) is 56.4 Å². The van der Waals surface area contributed by atoms with Gasteiger partial charge in [-0.15, -0.1) is 0 Å². The maximum absolute atomic E-state index is 11.9. The third-order valence-corrected chi connectivity index (χ3v) is 7.35. The molecule has 6 nitrogen and oxygen atoms in total. The van der Waals surface area contributed by atoms with Gasteiger partial charge in [0.2, 0.25) is 0 Å². The van der Waals surface area contributed by atoms with Crippen molar-refractivity contribution in [2.75, 3.05) is 13.2 Å². The lowest BCUT2D eigenvalue weighted by molar-refractivity contribution is -0.152. The van der Waals surface area contributed by atoms with Gasteiger partial charge < -0.3 is 19.7 Å². The molecule has 0 saturated carbocycles. The van der Waals surface area contributed by atoms with E-state index in [-0.39, 0.29) is 31.3 Å². The molecule has 2 N–H and O–H groups in total. The molecule has 6 heteroatoms. The maximum atomic E-state index is 11.9. The molecule has 0 aliphatic carbocycles. The van der Waals surface area contributed by atoms with E-state index >= 15 is 0 Å². The number of unbranched alkanes of at least 4 members (excludes halogenated alkanes) is 10. The van der Waals surface area contributed by atoms with Crippen LogP contribution in [0.3, 0.4) is 0 Å². The Bertz CT molecular complexity index is 838. The molecule has 0 fully saturated rings. The molecule has 0 saturated heterocycles. The number of carbonyl (C=O) groups is 2. The van der Waals surface area contributed by atoms with E-state index < -0.39 is 6.10 Å². The van der Waals surface area contributed by atoms with Crippen molar-refractivity contribution in [1.29, 1.82) is 0 Å². The van der Waals surface area contributed by atoms with E-state index in [9.17, 15) is 19.8 Å². The van der Waals surface area contributed by atoms with Crippen LogP contribution in [0, 0.1) is 5.92 Å². The van der Waals surface area contributed by atoms with Crippen LogP contribution in [0.1, 0.15) is 143 Å². The first-order chi connectivity index (χ1) is 21.8. The van der Waals surface area contributed by atoms with Crippen molar-refractivity contribution < 1.29 is 29.3 Å². The number of hydrogen-bond donors (Lipinski definition) is 2. The molecule has 0 rings (SSSR count). The van der Waals surface area contributed by atoms with Gasteiger partial charge in [-0.2, -0.15) is 0 Å². The van der Waals surface area contributed by atoms with Crippen LogP contribution in [0.15, 0.2) is 60.8 Å². The van der Waals surface area contributed by atoms with Gasteiger partial charge in [0.05, 0.1) is 6.10 Å². The SMILES string of the molecule is CC[C@H](O)/C=C/C=C\C/C=C\C/C=C\C/C=C\CCCC(=O)OC[C@@H](O)COC(=O)CCCCCCCCCCCCC(C)C. The molecule has 0 heterocycles. The van der Waals surface area contributed by atoms with Gasteiger partial charge in [-0.1, -0.05) is 146 Å². The summed E-state index contributed by atoms with van der Waals surface area (Å²) in [6.07, 6.45) is 38.0. The minimum absolute atomic E-state index is 0.144. The van der Waals surface area contributed by atoms with Gasteiger partial charge in [-0.05, 0) is 50.9 Å². The van der Waals surface area contributed by atoms with Crippen LogP contribution in [0.2, 0.25) is 0 Å². The largest absolute Gasteiger partial charge is 0.463 e. The van der Waals surface area contributed by atoms with Crippen LogP contribution in [0.4, 0.5) is 0 Å². The van der Waals surface area contributed by atoms with Crippen LogP contribution < -0.4 is 0 Å². The van der Waals surface area contributed by atoms with Crippen molar-refractivity contribution in [1.82, 2.24) is 0 Å². The van der Waals surface area contributed by atoms with Crippen molar-refractivity contribution in [3.63, 3.8) is 0 Å². The first kappa shape index (κ1) is 42.6. The molecule has 0 aromatic carbocycles. The molecule has 0 aromatic rings. The average molecular weight is 631 g/mol. The number of hydrogen-bond acceptors (Lipinski definition) is 6. The fourth-order valence-electron chi connectivity index (χ4n) is 4.49. The molecule has 0 aromatic heterocycles. The van der Waals surface area contributed by atoms with Crippen molar-refractivity contribution >= 4 is 11.9 Å². The lowest BCUT2D eigenvalue weighted by Gasteiger charge is -2.12. The maximum Gasteiger partial charge on any atom is 0.305 e. The topological polar surface area (TPSA) is 93.1 Å². The Hall–Kier alpha value is -2.44. The van der Waals surface area contributed by atoms with E-state index in [1.165, 1.54) is 51.4 Å². The van der Waals surface area contributed by atoms with Crippen LogP contribution >= 0.6 is 0 Å². The average Bonchev–Trinajstić information content (AvgIpc) is 3.02. The molecular weight excluding hydrogens is 564 g/mol. The van der Waals surface area contributed by atoms with Crippen molar-refractivity contribution in [2.45, 2.75) is 155 Å². The van der Waals surface area contributed by atoms with Gasteiger partial charge in [-0.25, -0.2) is 0 Å². The minimum Gasteiger partial charge on any atom is -0.463 e. The van der Waals surface area contributed by atoms with Gasteiger partial charge in [0.25, 0.3) is 0 Å². The van der Waals surface area contributed by atoms with Crippen LogP contribution in [0.5, 0.6) is 0 Å². The van der Waals surface area contributed by atoms with Crippen molar-refractivity contribution in [2.24, 2.45) is 5.92 Å². The van der Waals surface area contributed by atoms with E-state index in [1.54, 1.807) is 6.08 Å². The van der Waals surface area contributed by atoms with E-state index in [0.717, 1.165) is 57.3 Å². The number of aliphatic hydroxyl groups is 2. The second-order valence-corrected chi connectivity index (χ2v) is 12.3. The summed E-state index contributed by atoms with van der Waals surface area (Å²) in [5.74, 6) is 0.165. The van der Waals surface area contributed by atoms with E-state index in [4.69, 9.17) is 9.47 Å². The Kier molecular flexibility index (Phi) is 31.2. The second-order valence-electron chi connectivity index (χ2n) is 12.3. The molecule has 2 atom stereocenters. The lowest BCUT2D eigenvalue weighted by Crippen LogP contribution is -2.25. The molecule has 0 amide bonds. The highest BCUT2D eigenvalue weighted by molar-refractivity contribution is 5.69. The third-order valence-electron chi connectivity index (χ3n) is 7.35. The van der Waals surface area contributed by atoms with Gasteiger partial charge in [0.15, 0.2) is 0 Å². The summed E-state index contributed by atoms with van der Waals surface area (Å²) in [4.78, 5) is 23.8. The number of allylic oxidation sites excluding steroid dienone is 9. The number of esters is 2. The second kappa shape index (κ2) is 32.9. The zero-order valence-electron chi connectivity index (χ0n) is 28.9. The standard InChI is InChI=1S/C39H66O6/c1-4-36(40)30-26-22-18-14-9-7-5-6-8-10-15-19-23-27-31-38(42)44-33-37(41)34-45-39(43)32-28-24-20-16-12-11-13-17-21-25-29-35(2)3/h6-9,15,18-19,22,26,30,35-37,40-41H,4-5,10-14,16-17,20-21,23-25,27-29,31-34H2,1-3H3/b8-6-,9-7-,19-15-,22-18-,30-26+/t36-,37+/m0/s1. The van der Waals surface area contributed by atoms with Crippen LogP contribution in [0.25, 0.3) is 0 Å². The Labute approximate surface area is 275 Å². The molecule has 0 radical (unpaired) electrons. The van der Waals surface area contributed by atoms with Crippen molar-refractivity contribution in [3.05, 3.63) is 60.8 Å². The van der Waals surface area contributed by atoms with Crippen LogP contribution in [-0.2, 0) is 19.1 Å². The normalized spacial score (nSPS) is 13.7. The summed E-state index contributed by atoms with van der Waals surface area (Å²) in [6.45, 7) is 6.23. The highest BCUT2D eigenvalue weighted by atomic mass is 16.6. The molecule has 0 unspecified atom stereocenters. The monoisotopic (exact) mass is 630 g/mol. The molecular formula is C39H66O6. The number of carbonyl (C=O) groups excluding carboxylic acids is 2. The first-order valence-corrected chi connectivity index (χ1v) is 17.8. The summed E-state index contributed by atoms with van der Waals surface area (Å²) >= 11 is 0. The predicted octanol–water partition coefficient (Wildman–Crippen LogP) is 9.66. The summed E-state index contributed by atoms with van der Waals surface area (Å²) < 4.78 is 10.2. The third kappa shape index (κ3) is 34.3. The van der Waals surface area contributed by atoms with Gasteiger partial charge >= 0.3 is 11.9 Å². The first-order valence-electron chi connectivity index (χ1n) is 17.8. The smallest absolute Gasteiger partial charge is 0.305 e. The Balaban J connectivity index is 3.60. The highest BCUT2D eigenvalue weighted by Gasteiger charge is 2.12. The lowest BCUT2D eigenvalue weighted by atomic mass is 10.0. The Morgan fingerprint density at radius 2 is 1.07 bits per heavy atom. The fourth-order valence-corrected chi connectivity index (χ4v) is 4.49. The summed E-state index contributed by atoms with van der Waals surface area (Å²) in [5.41, 5.74) is 0. The highest BCUT2D eigenvalue weighted by Crippen LogP contribution is 2.14. The predicted molar refractivity (Wildman–Crippen MR) is 188 cm³/mol. The van der Waals surface area contributed by atoms with Gasteiger partial charge in [-0.3, -0.25) is 9.59 Å². The van der Waals surface area contributed by atoms with E-state index in [1.807, 2.05) is 19.1 Å². The van der Waals surface area contributed by atoms with Gasteiger partial charge in [0.1, 0.15) is 19.3 Å². The molecule has 0 spiro atoms. The molecule has 0 bridgehead atoms. The minimum atomic E-state index is -0.996.